The van der Waals surface area contributed by atoms with Gasteiger partial charge in [-0.15, -0.1) is 0 Å². The van der Waals surface area contributed by atoms with E-state index in [4.69, 9.17) is 9.47 Å². The number of ether oxygens (including phenoxy) is 2. The average Bonchev–Trinajstić information content (AvgIpc) is 2.68. The van der Waals surface area contributed by atoms with Crippen molar-refractivity contribution in [2.45, 2.75) is 104 Å². The predicted octanol–water partition coefficient (Wildman–Crippen LogP) is 5.18. The van der Waals surface area contributed by atoms with E-state index < -0.39 is 22.5 Å². The minimum absolute atomic E-state index is 0.107. The van der Waals surface area contributed by atoms with Crippen molar-refractivity contribution < 1.29 is 19.1 Å². The summed E-state index contributed by atoms with van der Waals surface area (Å²) in [6, 6.07) is 6.05. The molecule has 0 fully saturated rings. The number of hydrogen-bond donors (Lipinski definition) is 0. The summed E-state index contributed by atoms with van der Waals surface area (Å²) in [4.78, 5) is 25.5. The highest BCUT2D eigenvalue weighted by Gasteiger charge is 2.52. The summed E-state index contributed by atoms with van der Waals surface area (Å²) in [6.45, 7) is 17.9. The first-order chi connectivity index (χ1) is 12.8. The second-order valence-corrected chi connectivity index (χ2v) is 17.8. The Bertz CT molecular complexity index is 415. The molecule has 0 rings (SSSR count). The molecule has 27 heavy (non-hydrogen) atoms. The molecule has 0 aliphatic carbocycles. The maximum Gasteiger partial charge on any atom is 0.322 e. The molecular weight excluding hydrogens is 374 g/mol. The van der Waals surface area contributed by atoms with Crippen LogP contribution >= 0.6 is 0 Å². The Hall–Kier alpha value is -0.666. The molecule has 0 spiro atoms. The van der Waals surface area contributed by atoms with Crippen molar-refractivity contribution in [3.63, 3.8) is 0 Å². The van der Waals surface area contributed by atoms with Gasteiger partial charge in [0.15, 0.2) is 0 Å². The van der Waals surface area contributed by atoms with Crippen molar-refractivity contribution in [3.8, 4) is 0 Å². The van der Waals surface area contributed by atoms with Gasteiger partial charge in [-0.2, -0.15) is 0 Å². The van der Waals surface area contributed by atoms with Crippen LogP contribution in [0.2, 0.25) is 36.3 Å². The minimum atomic E-state index is -1.90. The van der Waals surface area contributed by atoms with E-state index in [1.165, 1.54) is 0 Å². The molecule has 0 aliphatic rings. The van der Waals surface area contributed by atoms with E-state index in [0.29, 0.717) is 13.2 Å². The largest absolute Gasteiger partial charge is 0.466 e. The molecule has 1 atom stereocenters. The first kappa shape index (κ1) is 26.3. The van der Waals surface area contributed by atoms with E-state index in [1.54, 1.807) is 6.92 Å². The summed E-state index contributed by atoms with van der Waals surface area (Å²) in [6.07, 6.45) is 0.107. The van der Waals surface area contributed by atoms with Crippen molar-refractivity contribution in [2.75, 3.05) is 13.2 Å². The highest BCUT2D eigenvalue weighted by atomic mass is 28.4. The van der Waals surface area contributed by atoms with Gasteiger partial charge in [0.2, 0.25) is 0 Å². The molecule has 1 unspecified atom stereocenters. The first-order valence-corrected chi connectivity index (χ1v) is 16.1. The van der Waals surface area contributed by atoms with E-state index in [9.17, 15) is 9.59 Å². The van der Waals surface area contributed by atoms with Gasteiger partial charge in [-0.3, -0.25) is 9.59 Å². The number of rotatable bonds is 14. The summed E-state index contributed by atoms with van der Waals surface area (Å²) in [7, 11) is -3.81. The molecule has 0 saturated carbocycles. The van der Waals surface area contributed by atoms with Crippen molar-refractivity contribution in [1.29, 1.82) is 0 Å². The Kier molecular flexibility index (Phi) is 12.4. The molecule has 7 heteroatoms. The van der Waals surface area contributed by atoms with Crippen molar-refractivity contribution in [3.05, 3.63) is 0 Å². The van der Waals surface area contributed by atoms with Gasteiger partial charge in [0.1, 0.15) is 22.5 Å². The van der Waals surface area contributed by atoms with Crippen molar-refractivity contribution >= 4 is 28.4 Å². The fourth-order valence-electron chi connectivity index (χ4n) is 4.58. The van der Waals surface area contributed by atoms with E-state index in [0.717, 1.165) is 36.3 Å². The molecule has 0 aromatic carbocycles. The Labute approximate surface area is 169 Å². The van der Waals surface area contributed by atoms with Crippen LogP contribution in [0.3, 0.4) is 0 Å². The number of nitrogens with zero attached hydrogens (tertiary/aromatic N) is 1. The summed E-state index contributed by atoms with van der Waals surface area (Å²) >= 11 is 0. The van der Waals surface area contributed by atoms with Crippen molar-refractivity contribution in [2.24, 2.45) is 0 Å². The van der Waals surface area contributed by atoms with Gasteiger partial charge >= 0.3 is 11.9 Å². The molecule has 0 radical (unpaired) electrons. The van der Waals surface area contributed by atoms with Crippen LogP contribution in [-0.2, 0) is 19.1 Å². The Morgan fingerprint density at radius 1 is 0.704 bits per heavy atom. The van der Waals surface area contributed by atoms with Gasteiger partial charge in [-0.05, 0) is 50.1 Å². The van der Waals surface area contributed by atoms with Crippen molar-refractivity contribution in [1.82, 2.24) is 4.23 Å². The third kappa shape index (κ3) is 6.16. The molecule has 0 N–H and O–H groups in total. The van der Waals surface area contributed by atoms with Gasteiger partial charge in [0.25, 0.3) is 0 Å². The SMILES string of the molecule is CCOC(=O)CC(C(=O)OCC)N([Si](CC)(CC)CC)[Si](CC)(CC)CC. The third-order valence-electron chi connectivity index (χ3n) is 6.51. The molecule has 0 saturated heterocycles. The lowest BCUT2D eigenvalue weighted by atomic mass is 10.2. The second kappa shape index (κ2) is 12.7. The van der Waals surface area contributed by atoms with Crippen LogP contribution in [0.1, 0.15) is 61.8 Å². The molecule has 5 nitrogen and oxygen atoms in total. The molecule has 0 aromatic heterocycles. The zero-order valence-electron chi connectivity index (χ0n) is 19.0. The number of carbonyl (C=O) groups excluding carboxylic acids is 2. The molecule has 0 amide bonds. The van der Waals surface area contributed by atoms with Gasteiger partial charge in [0, 0.05) is 0 Å². The molecule has 0 aliphatic heterocycles. The number of carbonyl (C=O) groups is 2. The van der Waals surface area contributed by atoms with E-state index >= 15 is 0 Å². The fourth-order valence-corrected chi connectivity index (χ4v) is 18.2. The van der Waals surface area contributed by atoms with E-state index in [1.807, 2.05) is 6.92 Å². The zero-order valence-corrected chi connectivity index (χ0v) is 21.0. The highest BCUT2D eigenvalue weighted by molar-refractivity contribution is 6.93. The maximum atomic E-state index is 13.1. The van der Waals surface area contributed by atoms with Crippen LogP contribution in [0.15, 0.2) is 0 Å². The standard InChI is InChI=1S/C20H43NO4Si2/c1-9-24-19(22)17-18(20(23)25-10-2)21(26(11-3,12-4)13-5)27(14-6,15-7)16-8/h18H,9-17H2,1-8H3. The first-order valence-electron chi connectivity index (χ1n) is 10.9. The topological polar surface area (TPSA) is 55.8 Å². The van der Waals surface area contributed by atoms with Gasteiger partial charge in [0.05, 0.1) is 19.6 Å². The second-order valence-electron chi connectivity index (χ2n) is 7.22. The lowest BCUT2D eigenvalue weighted by Crippen LogP contribution is -2.71. The maximum absolute atomic E-state index is 13.1. The van der Waals surface area contributed by atoms with Crippen LogP contribution < -0.4 is 0 Å². The smallest absolute Gasteiger partial charge is 0.322 e. The predicted molar refractivity (Wildman–Crippen MR) is 118 cm³/mol. The summed E-state index contributed by atoms with van der Waals surface area (Å²) < 4.78 is 13.3. The van der Waals surface area contributed by atoms with Crippen LogP contribution in [0, 0.1) is 0 Å². The average molecular weight is 418 g/mol. The Morgan fingerprint density at radius 3 is 1.37 bits per heavy atom. The normalized spacial score (nSPS) is 13.5. The fraction of sp³-hybridized carbons (Fsp3) is 0.900. The van der Waals surface area contributed by atoms with E-state index in [2.05, 4.69) is 45.8 Å². The van der Waals surface area contributed by atoms with Gasteiger partial charge < -0.3 is 13.7 Å². The van der Waals surface area contributed by atoms with Gasteiger partial charge in [-0.25, -0.2) is 0 Å². The van der Waals surface area contributed by atoms with E-state index in [-0.39, 0.29) is 18.4 Å². The summed E-state index contributed by atoms with van der Waals surface area (Å²) in [5, 5.41) is 0. The summed E-state index contributed by atoms with van der Waals surface area (Å²) in [5.41, 5.74) is 0. The Morgan fingerprint density at radius 2 is 1.07 bits per heavy atom. The molecule has 0 aromatic rings. The van der Waals surface area contributed by atoms with Crippen LogP contribution in [0.4, 0.5) is 0 Å². The zero-order chi connectivity index (χ0) is 21.1. The monoisotopic (exact) mass is 417 g/mol. The molecule has 0 bridgehead atoms. The van der Waals surface area contributed by atoms with Crippen LogP contribution in [0.5, 0.6) is 0 Å². The third-order valence-corrected chi connectivity index (χ3v) is 19.9. The Balaban J connectivity index is 6.48. The number of hydrogen-bond acceptors (Lipinski definition) is 5. The number of esters is 2. The molecule has 0 heterocycles. The molecule has 160 valence electrons. The quantitative estimate of drug-likeness (QED) is 0.288. The van der Waals surface area contributed by atoms with Crippen LogP contribution in [0.25, 0.3) is 0 Å². The lowest BCUT2D eigenvalue weighted by Gasteiger charge is -2.54. The minimum Gasteiger partial charge on any atom is -0.466 e. The van der Waals surface area contributed by atoms with Gasteiger partial charge in [-0.1, -0.05) is 41.5 Å². The van der Waals surface area contributed by atoms with Crippen LogP contribution in [-0.4, -0.2) is 51.9 Å². The molecular formula is C20H43NO4Si2. The summed E-state index contributed by atoms with van der Waals surface area (Å²) in [5.74, 6) is -0.539. The highest BCUT2D eigenvalue weighted by Crippen LogP contribution is 2.38. The lowest BCUT2D eigenvalue weighted by molar-refractivity contribution is -0.153.